The minimum absolute atomic E-state index is 0.251. The molecule has 0 bridgehead atoms. The summed E-state index contributed by atoms with van der Waals surface area (Å²) in [4.78, 5) is 17.0. The fraction of sp³-hybridized carbons (Fsp3) is 0.750. The maximum atomic E-state index is 12.7. The van der Waals surface area contributed by atoms with E-state index in [-0.39, 0.29) is 5.91 Å². The lowest BCUT2D eigenvalue weighted by atomic mass is 10.00. The molecule has 1 aliphatic rings. The van der Waals surface area contributed by atoms with Crippen LogP contribution in [0.3, 0.4) is 0 Å². The van der Waals surface area contributed by atoms with E-state index in [1.165, 1.54) is 6.42 Å². The molecule has 0 saturated carbocycles. The summed E-state index contributed by atoms with van der Waals surface area (Å²) in [6, 6.07) is 0.360. The highest BCUT2D eigenvalue weighted by molar-refractivity contribution is 5.79. The summed E-state index contributed by atoms with van der Waals surface area (Å²) in [5.41, 5.74) is 3.17. The van der Waals surface area contributed by atoms with Gasteiger partial charge in [-0.15, -0.1) is 0 Å². The number of piperidine rings is 1. The number of hydrogen-bond donors (Lipinski definition) is 0. The Bertz CT molecular complexity index is 507. The van der Waals surface area contributed by atoms with Gasteiger partial charge in [0.05, 0.1) is 12.1 Å². The van der Waals surface area contributed by atoms with Gasteiger partial charge >= 0.3 is 0 Å². The van der Waals surface area contributed by atoms with E-state index < -0.39 is 0 Å². The number of aryl methyl sites for hydroxylation is 2. The second-order valence-corrected chi connectivity index (χ2v) is 6.45. The lowest BCUT2D eigenvalue weighted by Gasteiger charge is -2.37. The predicted octanol–water partition coefficient (Wildman–Crippen LogP) is 1.52. The number of rotatable bonds is 4. The molecule has 0 unspecified atom stereocenters. The van der Waals surface area contributed by atoms with Crippen molar-refractivity contribution in [1.29, 1.82) is 0 Å². The summed E-state index contributed by atoms with van der Waals surface area (Å²) in [5.74, 6) is 0.251. The molecule has 1 aromatic heterocycles. The maximum absolute atomic E-state index is 12.7. The standard InChI is InChI=1S/C16H28N4O/c1-12-15(13(2)19(5)17-12)10-16(21)20-9-7-6-8-14(20)11-18(3)4/h14H,6-11H2,1-5H3/t14-/m0/s1. The molecule has 1 saturated heterocycles. The van der Waals surface area contributed by atoms with Gasteiger partial charge in [0.1, 0.15) is 0 Å². The van der Waals surface area contributed by atoms with Gasteiger partial charge in [-0.1, -0.05) is 0 Å². The van der Waals surface area contributed by atoms with Crippen LogP contribution < -0.4 is 0 Å². The van der Waals surface area contributed by atoms with Crippen LogP contribution in [0.2, 0.25) is 0 Å². The Morgan fingerprint density at radius 3 is 2.62 bits per heavy atom. The van der Waals surface area contributed by atoms with Gasteiger partial charge in [-0.3, -0.25) is 9.48 Å². The molecular formula is C16H28N4O. The number of hydrogen-bond acceptors (Lipinski definition) is 3. The third kappa shape index (κ3) is 3.64. The van der Waals surface area contributed by atoms with Crippen molar-refractivity contribution in [3.63, 3.8) is 0 Å². The van der Waals surface area contributed by atoms with Crippen LogP contribution in [0.5, 0.6) is 0 Å². The van der Waals surface area contributed by atoms with E-state index in [2.05, 4.69) is 29.0 Å². The highest BCUT2D eigenvalue weighted by Crippen LogP contribution is 2.20. The molecule has 1 atom stereocenters. The lowest BCUT2D eigenvalue weighted by Crippen LogP contribution is -2.48. The van der Waals surface area contributed by atoms with Gasteiger partial charge in [0.25, 0.3) is 0 Å². The van der Waals surface area contributed by atoms with Crippen molar-refractivity contribution >= 4 is 5.91 Å². The van der Waals surface area contributed by atoms with Crippen LogP contribution in [-0.2, 0) is 18.3 Å². The highest BCUT2D eigenvalue weighted by atomic mass is 16.2. The largest absolute Gasteiger partial charge is 0.338 e. The normalized spacial score (nSPS) is 19.3. The van der Waals surface area contributed by atoms with Gasteiger partial charge in [0.15, 0.2) is 0 Å². The molecule has 0 N–H and O–H groups in total. The summed E-state index contributed by atoms with van der Waals surface area (Å²) >= 11 is 0. The topological polar surface area (TPSA) is 41.4 Å². The van der Waals surface area contributed by atoms with E-state index in [1.807, 2.05) is 25.6 Å². The number of nitrogens with zero attached hydrogens (tertiary/aromatic N) is 4. The van der Waals surface area contributed by atoms with E-state index in [4.69, 9.17) is 0 Å². The Labute approximate surface area is 127 Å². The van der Waals surface area contributed by atoms with Crippen LogP contribution in [0.4, 0.5) is 0 Å². The van der Waals surface area contributed by atoms with Crippen LogP contribution in [0.1, 0.15) is 36.2 Å². The third-order valence-corrected chi connectivity index (χ3v) is 4.51. The Morgan fingerprint density at radius 2 is 2.05 bits per heavy atom. The molecule has 0 radical (unpaired) electrons. The molecule has 5 nitrogen and oxygen atoms in total. The molecule has 21 heavy (non-hydrogen) atoms. The number of carbonyl (C=O) groups excluding carboxylic acids is 1. The zero-order valence-corrected chi connectivity index (χ0v) is 14.0. The van der Waals surface area contributed by atoms with Crippen molar-refractivity contribution in [1.82, 2.24) is 19.6 Å². The molecule has 0 aromatic carbocycles. The molecule has 1 amide bonds. The third-order valence-electron chi connectivity index (χ3n) is 4.51. The van der Waals surface area contributed by atoms with Crippen LogP contribution in [0, 0.1) is 13.8 Å². The fourth-order valence-electron chi connectivity index (χ4n) is 3.27. The maximum Gasteiger partial charge on any atom is 0.227 e. The summed E-state index contributed by atoms with van der Waals surface area (Å²) in [6.45, 7) is 5.88. The Kier molecular flexibility index (Phi) is 5.04. The zero-order chi connectivity index (χ0) is 15.6. The first kappa shape index (κ1) is 16.0. The van der Waals surface area contributed by atoms with E-state index in [1.54, 1.807) is 0 Å². The van der Waals surface area contributed by atoms with Crippen LogP contribution in [0.15, 0.2) is 0 Å². The molecule has 1 fully saturated rings. The number of carbonyl (C=O) groups is 1. The van der Waals surface area contributed by atoms with E-state index in [0.29, 0.717) is 12.5 Å². The molecule has 118 valence electrons. The van der Waals surface area contributed by atoms with Gasteiger partial charge in [-0.25, -0.2) is 0 Å². The summed E-state index contributed by atoms with van der Waals surface area (Å²) in [6.07, 6.45) is 3.96. The van der Waals surface area contributed by atoms with Crippen molar-refractivity contribution in [2.75, 3.05) is 27.2 Å². The minimum atomic E-state index is 0.251. The molecule has 1 aliphatic heterocycles. The number of amides is 1. The first-order chi connectivity index (χ1) is 9.90. The smallest absolute Gasteiger partial charge is 0.227 e. The van der Waals surface area contributed by atoms with Crippen LogP contribution >= 0.6 is 0 Å². The average molecular weight is 292 g/mol. The van der Waals surface area contributed by atoms with Crippen molar-refractivity contribution in [2.45, 2.75) is 45.6 Å². The number of aromatic nitrogens is 2. The van der Waals surface area contributed by atoms with Gasteiger partial charge in [0, 0.05) is 37.4 Å². The van der Waals surface area contributed by atoms with Crippen molar-refractivity contribution < 1.29 is 4.79 Å². The molecule has 0 spiro atoms. The SMILES string of the molecule is Cc1nn(C)c(C)c1CC(=O)N1CCCC[C@H]1CN(C)C. The first-order valence-corrected chi connectivity index (χ1v) is 7.83. The summed E-state index contributed by atoms with van der Waals surface area (Å²) in [7, 11) is 6.09. The molecule has 2 rings (SSSR count). The van der Waals surface area contributed by atoms with Crippen molar-refractivity contribution in [3.05, 3.63) is 17.0 Å². The second-order valence-electron chi connectivity index (χ2n) is 6.45. The van der Waals surface area contributed by atoms with E-state index in [9.17, 15) is 4.79 Å². The van der Waals surface area contributed by atoms with Crippen molar-refractivity contribution in [2.24, 2.45) is 7.05 Å². The average Bonchev–Trinajstić information content (AvgIpc) is 2.65. The summed E-state index contributed by atoms with van der Waals surface area (Å²) < 4.78 is 1.87. The Morgan fingerprint density at radius 1 is 1.33 bits per heavy atom. The first-order valence-electron chi connectivity index (χ1n) is 7.83. The molecule has 0 aliphatic carbocycles. The summed E-state index contributed by atoms with van der Waals surface area (Å²) in [5, 5.41) is 4.41. The quantitative estimate of drug-likeness (QED) is 0.845. The van der Waals surface area contributed by atoms with Crippen LogP contribution in [0.25, 0.3) is 0 Å². The van der Waals surface area contributed by atoms with Gasteiger partial charge < -0.3 is 9.80 Å². The molecular weight excluding hydrogens is 264 g/mol. The van der Waals surface area contributed by atoms with Gasteiger partial charge in [-0.05, 0) is 47.2 Å². The van der Waals surface area contributed by atoms with Crippen molar-refractivity contribution in [3.8, 4) is 0 Å². The molecule has 5 heteroatoms. The zero-order valence-electron chi connectivity index (χ0n) is 14.0. The van der Waals surface area contributed by atoms with Gasteiger partial charge in [0.2, 0.25) is 5.91 Å². The van der Waals surface area contributed by atoms with E-state index in [0.717, 1.165) is 42.9 Å². The Balaban J connectivity index is 2.10. The molecule has 2 heterocycles. The highest BCUT2D eigenvalue weighted by Gasteiger charge is 2.28. The molecule has 1 aromatic rings. The predicted molar refractivity (Wildman–Crippen MR) is 84.3 cm³/mol. The second kappa shape index (κ2) is 6.60. The van der Waals surface area contributed by atoms with Crippen LogP contribution in [-0.4, -0.2) is 58.7 Å². The Hall–Kier alpha value is -1.36. The fourth-order valence-corrected chi connectivity index (χ4v) is 3.27. The monoisotopic (exact) mass is 292 g/mol. The minimum Gasteiger partial charge on any atom is -0.338 e. The number of likely N-dealkylation sites (N-methyl/N-ethyl adjacent to an activating group) is 1. The van der Waals surface area contributed by atoms with E-state index >= 15 is 0 Å². The van der Waals surface area contributed by atoms with Gasteiger partial charge in [-0.2, -0.15) is 5.10 Å². The number of likely N-dealkylation sites (tertiary alicyclic amines) is 1. The lowest BCUT2D eigenvalue weighted by molar-refractivity contribution is -0.134.